The van der Waals surface area contributed by atoms with Gasteiger partial charge in [-0.15, -0.1) is 11.6 Å². The van der Waals surface area contributed by atoms with Crippen LogP contribution in [0.2, 0.25) is 0 Å². The van der Waals surface area contributed by atoms with Crippen molar-refractivity contribution in [3.05, 3.63) is 0 Å². The van der Waals surface area contributed by atoms with E-state index in [1.165, 1.54) is 7.11 Å². The SMILES string of the molecule is COC(C)(C)C(=O)N[C@@H](CCCNC(=O)OC(C)(C)C)C(=O)CCl. The highest BCUT2D eigenvalue weighted by Crippen LogP contribution is 2.10. The van der Waals surface area contributed by atoms with Crippen molar-refractivity contribution in [3.63, 3.8) is 0 Å². The summed E-state index contributed by atoms with van der Waals surface area (Å²) in [4.78, 5) is 35.5. The molecule has 0 aliphatic carbocycles. The van der Waals surface area contributed by atoms with Gasteiger partial charge in [0.1, 0.15) is 11.2 Å². The number of ketones is 1. The molecule has 1 atom stereocenters. The first-order valence-electron chi connectivity index (χ1n) is 7.84. The van der Waals surface area contributed by atoms with Gasteiger partial charge < -0.3 is 20.1 Å². The van der Waals surface area contributed by atoms with Gasteiger partial charge in [0.05, 0.1) is 11.9 Å². The summed E-state index contributed by atoms with van der Waals surface area (Å²) >= 11 is 5.59. The molecule has 0 heterocycles. The number of hydrogen-bond acceptors (Lipinski definition) is 5. The molecule has 2 N–H and O–H groups in total. The first-order valence-corrected chi connectivity index (χ1v) is 8.38. The van der Waals surface area contributed by atoms with Crippen LogP contribution in [-0.4, -0.2) is 54.6 Å². The van der Waals surface area contributed by atoms with Gasteiger partial charge in [-0.05, 0) is 47.5 Å². The van der Waals surface area contributed by atoms with E-state index in [0.717, 1.165) is 0 Å². The molecular formula is C16H29ClN2O5. The van der Waals surface area contributed by atoms with Crippen LogP contribution in [-0.2, 0) is 19.1 Å². The molecule has 0 saturated carbocycles. The minimum absolute atomic E-state index is 0.197. The summed E-state index contributed by atoms with van der Waals surface area (Å²) in [6, 6.07) is -0.718. The maximum atomic E-state index is 12.1. The number of carbonyl (C=O) groups is 3. The molecule has 0 fully saturated rings. The normalized spacial score (nSPS) is 13.1. The first kappa shape index (κ1) is 22.7. The Morgan fingerprint density at radius 3 is 2.17 bits per heavy atom. The Kier molecular flexibility index (Phi) is 9.29. The standard InChI is InChI=1S/C16H29ClN2O5/c1-15(2,3)24-14(22)18-9-7-8-11(12(20)10-17)19-13(21)16(4,5)23-6/h11H,7-10H2,1-6H3,(H,18,22)(H,19,21)/t11-/m0/s1. The number of carbonyl (C=O) groups excluding carboxylic acids is 3. The van der Waals surface area contributed by atoms with Crippen molar-refractivity contribution in [2.24, 2.45) is 0 Å². The van der Waals surface area contributed by atoms with E-state index in [0.29, 0.717) is 19.4 Å². The molecule has 0 aromatic carbocycles. The third-order valence-corrected chi connectivity index (χ3v) is 3.48. The highest BCUT2D eigenvalue weighted by molar-refractivity contribution is 6.28. The average molecular weight is 365 g/mol. The zero-order valence-corrected chi connectivity index (χ0v) is 16.1. The molecule has 0 rings (SSSR count). The number of alkyl halides is 1. The Bertz CT molecular complexity index is 446. The summed E-state index contributed by atoms with van der Waals surface area (Å²) in [5.41, 5.74) is -1.61. The summed E-state index contributed by atoms with van der Waals surface area (Å²) in [5.74, 6) is -0.875. The van der Waals surface area contributed by atoms with Crippen molar-refractivity contribution in [1.82, 2.24) is 10.6 Å². The Morgan fingerprint density at radius 1 is 1.12 bits per heavy atom. The van der Waals surface area contributed by atoms with Crippen molar-refractivity contribution >= 4 is 29.4 Å². The molecule has 0 saturated heterocycles. The highest BCUT2D eigenvalue weighted by atomic mass is 35.5. The number of hydrogen-bond donors (Lipinski definition) is 2. The van der Waals surface area contributed by atoms with Gasteiger partial charge in [0.25, 0.3) is 5.91 Å². The van der Waals surface area contributed by atoms with Gasteiger partial charge in [-0.25, -0.2) is 4.79 Å². The molecule has 8 heteroatoms. The molecule has 0 bridgehead atoms. The van der Waals surface area contributed by atoms with Crippen molar-refractivity contribution in [2.75, 3.05) is 19.5 Å². The molecule has 140 valence electrons. The molecule has 0 unspecified atom stereocenters. The van der Waals surface area contributed by atoms with E-state index in [-0.39, 0.29) is 11.7 Å². The quantitative estimate of drug-likeness (QED) is 0.482. The average Bonchev–Trinajstić information content (AvgIpc) is 2.47. The van der Waals surface area contributed by atoms with E-state index < -0.39 is 29.2 Å². The van der Waals surface area contributed by atoms with Crippen molar-refractivity contribution in [3.8, 4) is 0 Å². The predicted octanol–water partition coefficient (Wildman–Crippen LogP) is 2.01. The molecule has 2 amide bonds. The molecule has 0 aliphatic heterocycles. The number of ether oxygens (including phenoxy) is 2. The number of halogens is 1. The lowest BCUT2D eigenvalue weighted by Crippen LogP contribution is -2.50. The number of Topliss-reactive ketones (excluding diaryl/α,β-unsaturated/α-hetero) is 1. The van der Waals surface area contributed by atoms with Crippen LogP contribution in [0.4, 0.5) is 4.79 Å². The topological polar surface area (TPSA) is 93.7 Å². The lowest BCUT2D eigenvalue weighted by molar-refractivity contribution is -0.141. The van der Waals surface area contributed by atoms with Gasteiger partial charge in [-0.2, -0.15) is 0 Å². The van der Waals surface area contributed by atoms with Crippen LogP contribution in [0.25, 0.3) is 0 Å². The predicted molar refractivity (Wildman–Crippen MR) is 92.2 cm³/mol. The summed E-state index contributed by atoms with van der Waals surface area (Å²) in [7, 11) is 1.42. The summed E-state index contributed by atoms with van der Waals surface area (Å²) in [6.45, 7) is 8.85. The molecule has 0 aliphatic rings. The summed E-state index contributed by atoms with van der Waals surface area (Å²) in [5, 5.41) is 5.25. The van der Waals surface area contributed by atoms with Crippen molar-refractivity contribution in [1.29, 1.82) is 0 Å². The van der Waals surface area contributed by atoms with E-state index >= 15 is 0 Å². The Morgan fingerprint density at radius 2 is 1.71 bits per heavy atom. The molecule has 24 heavy (non-hydrogen) atoms. The zero-order chi connectivity index (χ0) is 19.0. The fourth-order valence-electron chi connectivity index (χ4n) is 1.64. The summed E-state index contributed by atoms with van der Waals surface area (Å²) in [6.07, 6.45) is 0.319. The van der Waals surface area contributed by atoms with Gasteiger partial charge in [-0.3, -0.25) is 9.59 Å². The van der Waals surface area contributed by atoms with Gasteiger partial charge >= 0.3 is 6.09 Å². The van der Waals surface area contributed by atoms with E-state index in [1.807, 2.05) is 0 Å². The second-order valence-corrected chi connectivity index (χ2v) is 7.18. The van der Waals surface area contributed by atoms with E-state index in [4.69, 9.17) is 21.1 Å². The smallest absolute Gasteiger partial charge is 0.407 e. The third-order valence-electron chi connectivity index (χ3n) is 3.22. The van der Waals surface area contributed by atoms with E-state index in [1.54, 1.807) is 34.6 Å². The minimum atomic E-state index is -1.04. The molecule has 0 spiro atoms. The fourth-order valence-corrected chi connectivity index (χ4v) is 1.83. The Labute approximate surface area is 148 Å². The van der Waals surface area contributed by atoms with Crippen molar-refractivity contribution < 1.29 is 23.9 Å². The zero-order valence-electron chi connectivity index (χ0n) is 15.3. The van der Waals surface area contributed by atoms with Crippen LogP contribution in [0, 0.1) is 0 Å². The Balaban J connectivity index is 4.44. The number of nitrogens with one attached hydrogen (secondary N) is 2. The van der Waals surface area contributed by atoms with Crippen LogP contribution < -0.4 is 10.6 Å². The number of alkyl carbamates (subject to hydrolysis) is 1. The second kappa shape index (κ2) is 9.84. The van der Waals surface area contributed by atoms with Gasteiger partial charge in [0.2, 0.25) is 0 Å². The highest BCUT2D eigenvalue weighted by Gasteiger charge is 2.30. The fraction of sp³-hybridized carbons (Fsp3) is 0.812. The Hall–Kier alpha value is -1.34. The second-order valence-electron chi connectivity index (χ2n) is 6.91. The number of rotatable bonds is 9. The maximum Gasteiger partial charge on any atom is 0.407 e. The van der Waals surface area contributed by atoms with Crippen LogP contribution in [0.5, 0.6) is 0 Å². The first-order chi connectivity index (χ1) is 10.9. The summed E-state index contributed by atoms with van der Waals surface area (Å²) < 4.78 is 10.2. The third kappa shape index (κ3) is 9.08. The molecule has 7 nitrogen and oxygen atoms in total. The van der Waals surface area contributed by atoms with Gasteiger partial charge in [0, 0.05) is 13.7 Å². The molecule has 0 aromatic rings. The van der Waals surface area contributed by atoms with Gasteiger partial charge in [0.15, 0.2) is 5.78 Å². The van der Waals surface area contributed by atoms with Gasteiger partial charge in [-0.1, -0.05) is 0 Å². The van der Waals surface area contributed by atoms with Crippen LogP contribution in [0.1, 0.15) is 47.5 Å². The lowest BCUT2D eigenvalue weighted by Gasteiger charge is -2.25. The lowest BCUT2D eigenvalue weighted by atomic mass is 10.0. The number of methoxy groups -OCH3 is 1. The molecule has 0 radical (unpaired) electrons. The molecule has 0 aromatic heterocycles. The molecular weight excluding hydrogens is 336 g/mol. The van der Waals surface area contributed by atoms with E-state index in [2.05, 4.69) is 10.6 Å². The van der Waals surface area contributed by atoms with Crippen LogP contribution >= 0.6 is 11.6 Å². The minimum Gasteiger partial charge on any atom is -0.444 e. The van der Waals surface area contributed by atoms with E-state index in [9.17, 15) is 14.4 Å². The van der Waals surface area contributed by atoms with Crippen LogP contribution in [0.15, 0.2) is 0 Å². The number of amides is 2. The monoisotopic (exact) mass is 364 g/mol. The maximum absolute atomic E-state index is 12.1. The van der Waals surface area contributed by atoms with Crippen molar-refractivity contribution in [2.45, 2.75) is 64.7 Å². The van der Waals surface area contributed by atoms with Crippen LogP contribution in [0.3, 0.4) is 0 Å². The largest absolute Gasteiger partial charge is 0.444 e.